The first-order chi connectivity index (χ1) is 14.1. The minimum Gasteiger partial charge on any atom is -0.489 e. The maximum absolute atomic E-state index is 8.99. The normalized spacial score (nSPS) is 11.8. The third-order valence-corrected chi connectivity index (χ3v) is 4.94. The number of hydrogen-bond donors (Lipinski definition) is 2. The Bertz CT molecular complexity index is 884. The molecule has 152 valence electrons. The Morgan fingerprint density at radius 2 is 1.59 bits per heavy atom. The summed E-state index contributed by atoms with van der Waals surface area (Å²) in [6.07, 6.45) is 2.47. The lowest BCUT2D eigenvalue weighted by Gasteiger charge is -2.11. The molecular formula is C24H26ClNO3. The second-order valence-electron chi connectivity index (χ2n) is 6.94. The Morgan fingerprint density at radius 3 is 2.28 bits per heavy atom. The smallest absolute Gasteiger partial charge is 0.128 e. The Labute approximate surface area is 176 Å². The van der Waals surface area contributed by atoms with Gasteiger partial charge in [-0.25, -0.2) is 0 Å². The van der Waals surface area contributed by atoms with E-state index in [1.54, 1.807) is 0 Å². The molecule has 3 rings (SSSR count). The molecule has 0 amide bonds. The molecule has 0 bridgehead atoms. The average Bonchev–Trinajstić information content (AvgIpc) is 2.75. The van der Waals surface area contributed by atoms with Crippen LogP contribution in [0.5, 0.6) is 17.2 Å². The van der Waals surface area contributed by atoms with Crippen molar-refractivity contribution < 1.29 is 14.6 Å². The summed E-state index contributed by atoms with van der Waals surface area (Å²) in [7, 11) is 0. The number of ether oxygens (including phenoxy) is 2. The Balaban J connectivity index is 1.52. The van der Waals surface area contributed by atoms with Gasteiger partial charge in [-0.2, -0.15) is 0 Å². The SMILES string of the molecule is NC(CO)CCCc1ccc(Oc2ccc(OCc3ccccc3)cc2)cc1Cl. The average molecular weight is 412 g/mol. The van der Waals surface area contributed by atoms with E-state index in [2.05, 4.69) is 0 Å². The summed E-state index contributed by atoms with van der Waals surface area (Å²) in [4.78, 5) is 0. The van der Waals surface area contributed by atoms with Gasteiger partial charge in [0.05, 0.1) is 6.61 Å². The van der Waals surface area contributed by atoms with E-state index in [0.717, 1.165) is 41.9 Å². The van der Waals surface area contributed by atoms with E-state index in [1.165, 1.54) is 0 Å². The molecule has 0 heterocycles. The van der Waals surface area contributed by atoms with E-state index in [4.69, 9.17) is 31.9 Å². The van der Waals surface area contributed by atoms with Crippen molar-refractivity contribution in [3.63, 3.8) is 0 Å². The topological polar surface area (TPSA) is 64.7 Å². The highest BCUT2D eigenvalue weighted by atomic mass is 35.5. The van der Waals surface area contributed by atoms with Crippen molar-refractivity contribution in [3.05, 3.63) is 88.9 Å². The molecule has 3 aromatic carbocycles. The minimum absolute atomic E-state index is 0.0105. The number of benzene rings is 3. The molecular weight excluding hydrogens is 386 g/mol. The molecule has 0 fully saturated rings. The monoisotopic (exact) mass is 411 g/mol. The van der Waals surface area contributed by atoms with Crippen LogP contribution in [0.15, 0.2) is 72.8 Å². The van der Waals surface area contributed by atoms with E-state index in [0.29, 0.717) is 17.4 Å². The van der Waals surface area contributed by atoms with E-state index in [9.17, 15) is 0 Å². The quantitative estimate of drug-likeness (QED) is 0.471. The summed E-state index contributed by atoms with van der Waals surface area (Å²) in [6.45, 7) is 0.540. The van der Waals surface area contributed by atoms with Crippen LogP contribution in [0.2, 0.25) is 5.02 Å². The van der Waals surface area contributed by atoms with Crippen molar-refractivity contribution >= 4 is 11.6 Å². The van der Waals surface area contributed by atoms with Crippen molar-refractivity contribution in [2.24, 2.45) is 5.73 Å². The Morgan fingerprint density at radius 1 is 0.897 bits per heavy atom. The van der Waals surface area contributed by atoms with Crippen LogP contribution in [0.25, 0.3) is 0 Å². The summed E-state index contributed by atoms with van der Waals surface area (Å²) < 4.78 is 11.7. The van der Waals surface area contributed by atoms with Crippen LogP contribution in [0.3, 0.4) is 0 Å². The number of hydrogen-bond acceptors (Lipinski definition) is 4. The highest BCUT2D eigenvalue weighted by Gasteiger charge is 2.06. The molecule has 0 aliphatic rings. The van der Waals surface area contributed by atoms with E-state index >= 15 is 0 Å². The van der Waals surface area contributed by atoms with E-state index in [-0.39, 0.29) is 12.6 Å². The van der Waals surface area contributed by atoms with E-state index < -0.39 is 0 Å². The number of aryl methyl sites for hydroxylation is 1. The predicted octanol–water partition coefficient (Wildman–Crippen LogP) is 5.35. The molecule has 0 aliphatic carbocycles. The molecule has 3 N–H and O–H groups in total. The number of aliphatic hydroxyl groups is 1. The summed E-state index contributed by atoms with van der Waals surface area (Å²) in [5.41, 5.74) is 7.91. The number of halogens is 1. The molecule has 5 heteroatoms. The first kappa shape index (κ1) is 21.2. The van der Waals surface area contributed by atoms with Crippen LogP contribution in [0.4, 0.5) is 0 Å². The van der Waals surface area contributed by atoms with Crippen LogP contribution in [0, 0.1) is 0 Å². The summed E-state index contributed by atoms with van der Waals surface area (Å²) in [5.74, 6) is 2.19. The van der Waals surface area contributed by atoms with Gasteiger partial charge < -0.3 is 20.3 Å². The second-order valence-corrected chi connectivity index (χ2v) is 7.34. The molecule has 1 unspecified atom stereocenters. The maximum atomic E-state index is 8.99. The van der Waals surface area contributed by atoms with Crippen molar-refractivity contribution in [1.82, 2.24) is 0 Å². The van der Waals surface area contributed by atoms with Crippen molar-refractivity contribution in [1.29, 1.82) is 0 Å². The molecule has 0 aliphatic heterocycles. The largest absolute Gasteiger partial charge is 0.489 e. The van der Waals surface area contributed by atoms with E-state index in [1.807, 2.05) is 72.8 Å². The van der Waals surface area contributed by atoms with Gasteiger partial charge in [-0.15, -0.1) is 0 Å². The molecule has 4 nitrogen and oxygen atoms in total. The summed E-state index contributed by atoms with van der Waals surface area (Å²) >= 11 is 6.39. The third-order valence-electron chi connectivity index (χ3n) is 4.59. The van der Waals surface area contributed by atoms with Gasteiger partial charge in [0.15, 0.2) is 0 Å². The molecule has 0 saturated carbocycles. The molecule has 0 radical (unpaired) electrons. The lowest BCUT2D eigenvalue weighted by molar-refractivity contribution is 0.258. The van der Waals surface area contributed by atoms with Crippen LogP contribution in [-0.4, -0.2) is 17.8 Å². The number of aliphatic hydroxyl groups excluding tert-OH is 1. The van der Waals surface area contributed by atoms with Gasteiger partial charge in [-0.3, -0.25) is 0 Å². The zero-order valence-electron chi connectivity index (χ0n) is 16.3. The number of rotatable bonds is 10. The first-order valence-corrected chi connectivity index (χ1v) is 10.1. The van der Waals surface area contributed by atoms with Crippen molar-refractivity contribution in [2.75, 3.05) is 6.61 Å². The van der Waals surface area contributed by atoms with Gasteiger partial charge >= 0.3 is 0 Å². The third kappa shape index (κ3) is 6.79. The summed E-state index contributed by atoms with van der Waals surface area (Å²) in [5, 5.41) is 9.66. The zero-order chi connectivity index (χ0) is 20.5. The molecule has 0 aromatic heterocycles. The predicted molar refractivity (Wildman–Crippen MR) is 117 cm³/mol. The molecule has 0 saturated heterocycles. The molecule has 3 aromatic rings. The van der Waals surface area contributed by atoms with Gasteiger partial charge in [0.25, 0.3) is 0 Å². The lowest BCUT2D eigenvalue weighted by Crippen LogP contribution is -2.24. The fourth-order valence-electron chi connectivity index (χ4n) is 2.92. The Hall–Kier alpha value is -2.53. The molecule has 1 atom stereocenters. The van der Waals surface area contributed by atoms with Crippen LogP contribution in [0.1, 0.15) is 24.0 Å². The standard InChI is InChI=1S/C24H26ClNO3/c25-24-15-23(10-9-19(24)7-4-8-20(26)16-27)29-22-13-11-21(12-14-22)28-17-18-5-2-1-3-6-18/h1-3,5-6,9-15,20,27H,4,7-8,16-17,26H2. The van der Waals surface area contributed by atoms with Gasteiger partial charge in [-0.1, -0.05) is 48.0 Å². The van der Waals surface area contributed by atoms with Gasteiger partial charge in [0, 0.05) is 11.1 Å². The fraction of sp³-hybridized carbons (Fsp3) is 0.250. The highest BCUT2D eigenvalue weighted by molar-refractivity contribution is 6.31. The van der Waals surface area contributed by atoms with Crippen LogP contribution < -0.4 is 15.2 Å². The zero-order valence-corrected chi connectivity index (χ0v) is 17.0. The Kier molecular flexibility index (Phi) is 7.94. The second kappa shape index (κ2) is 10.9. The van der Waals surface area contributed by atoms with Gasteiger partial charge in [0.1, 0.15) is 23.9 Å². The summed E-state index contributed by atoms with van der Waals surface area (Å²) in [6, 6.07) is 23.1. The first-order valence-electron chi connectivity index (χ1n) is 9.73. The minimum atomic E-state index is -0.170. The number of nitrogens with two attached hydrogens (primary N) is 1. The molecule has 29 heavy (non-hydrogen) atoms. The highest BCUT2D eigenvalue weighted by Crippen LogP contribution is 2.29. The fourth-order valence-corrected chi connectivity index (χ4v) is 3.19. The lowest BCUT2D eigenvalue weighted by atomic mass is 10.1. The van der Waals surface area contributed by atoms with Crippen molar-refractivity contribution in [2.45, 2.75) is 31.9 Å². The van der Waals surface area contributed by atoms with Crippen LogP contribution >= 0.6 is 11.6 Å². The van der Waals surface area contributed by atoms with Crippen molar-refractivity contribution in [3.8, 4) is 17.2 Å². The van der Waals surface area contributed by atoms with Gasteiger partial charge in [0.2, 0.25) is 0 Å². The maximum Gasteiger partial charge on any atom is 0.128 e. The molecule has 0 spiro atoms. The van der Waals surface area contributed by atoms with Crippen LogP contribution in [-0.2, 0) is 13.0 Å². The van der Waals surface area contributed by atoms with Gasteiger partial charge in [-0.05, 0) is 66.8 Å².